The number of hydrogen-bond donors (Lipinski definition) is 0. The van der Waals surface area contributed by atoms with Crippen molar-refractivity contribution in [2.24, 2.45) is 5.92 Å². The van der Waals surface area contributed by atoms with Crippen molar-refractivity contribution in [2.75, 3.05) is 42.5 Å². The summed E-state index contributed by atoms with van der Waals surface area (Å²) in [6.45, 7) is 6.53. The van der Waals surface area contributed by atoms with Crippen LogP contribution in [0.1, 0.15) is 32.3 Å². The van der Waals surface area contributed by atoms with Gasteiger partial charge < -0.3 is 9.80 Å². The molecule has 2 aliphatic heterocycles. The number of benzene rings is 2. The molecule has 3 aliphatic rings. The van der Waals surface area contributed by atoms with Gasteiger partial charge in [0.1, 0.15) is 5.82 Å². The first kappa shape index (κ1) is 21.4. The lowest BCUT2D eigenvalue weighted by molar-refractivity contribution is -0.119. The van der Waals surface area contributed by atoms with Crippen molar-refractivity contribution in [3.8, 4) is 0 Å². The van der Waals surface area contributed by atoms with E-state index in [0.29, 0.717) is 32.7 Å². The van der Waals surface area contributed by atoms with Gasteiger partial charge in [-0.1, -0.05) is 13.8 Å². The zero-order valence-electron chi connectivity index (χ0n) is 18.4. The number of anilines is 2. The third-order valence-corrected chi connectivity index (χ3v) is 8.70. The molecule has 2 aromatic rings. The molecular formula is C24H28FN3O3S. The van der Waals surface area contributed by atoms with Crippen LogP contribution in [0.5, 0.6) is 0 Å². The highest BCUT2D eigenvalue weighted by atomic mass is 32.2. The van der Waals surface area contributed by atoms with E-state index in [1.54, 1.807) is 30.3 Å². The van der Waals surface area contributed by atoms with Crippen molar-refractivity contribution >= 4 is 27.3 Å². The normalized spacial score (nSPS) is 21.0. The summed E-state index contributed by atoms with van der Waals surface area (Å²) in [4.78, 5) is 16.9. The van der Waals surface area contributed by atoms with Gasteiger partial charge in [-0.25, -0.2) is 12.8 Å². The van der Waals surface area contributed by atoms with Gasteiger partial charge in [-0.3, -0.25) is 4.79 Å². The second-order valence-corrected chi connectivity index (χ2v) is 11.6. The summed E-state index contributed by atoms with van der Waals surface area (Å²) in [5, 5.41) is 0. The largest absolute Gasteiger partial charge is 0.369 e. The van der Waals surface area contributed by atoms with Gasteiger partial charge in [0.05, 0.1) is 4.90 Å². The molecule has 6 nitrogen and oxygen atoms in total. The summed E-state index contributed by atoms with van der Waals surface area (Å²) >= 11 is 0. The number of halogens is 1. The van der Waals surface area contributed by atoms with E-state index < -0.39 is 10.0 Å². The van der Waals surface area contributed by atoms with Crippen molar-refractivity contribution in [2.45, 2.75) is 37.0 Å². The second kappa shape index (κ2) is 7.56. The zero-order valence-corrected chi connectivity index (χ0v) is 19.2. The van der Waals surface area contributed by atoms with Crippen molar-refractivity contribution in [3.63, 3.8) is 0 Å². The van der Waals surface area contributed by atoms with Crippen molar-refractivity contribution in [1.29, 1.82) is 0 Å². The number of carbonyl (C=O) groups is 1. The summed E-state index contributed by atoms with van der Waals surface area (Å²) in [5.74, 6) is -0.00574. The van der Waals surface area contributed by atoms with E-state index in [-0.39, 0.29) is 28.0 Å². The third-order valence-electron chi connectivity index (χ3n) is 6.80. The van der Waals surface area contributed by atoms with Gasteiger partial charge in [-0.05, 0) is 60.9 Å². The van der Waals surface area contributed by atoms with Crippen LogP contribution in [0, 0.1) is 11.7 Å². The minimum atomic E-state index is -3.64. The summed E-state index contributed by atoms with van der Waals surface area (Å²) in [6.07, 6.45) is 1.89. The molecule has 0 bridgehead atoms. The third kappa shape index (κ3) is 3.69. The molecule has 1 aliphatic carbocycles. The van der Waals surface area contributed by atoms with Crippen LogP contribution >= 0.6 is 0 Å². The monoisotopic (exact) mass is 457 g/mol. The van der Waals surface area contributed by atoms with Gasteiger partial charge in [0.15, 0.2) is 0 Å². The predicted molar refractivity (Wildman–Crippen MR) is 122 cm³/mol. The average molecular weight is 458 g/mol. The van der Waals surface area contributed by atoms with Crippen LogP contribution in [0.15, 0.2) is 47.4 Å². The molecule has 0 spiro atoms. The molecule has 0 N–H and O–H groups in total. The summed E-state index contributed by atoms with van der Waals surface area (Å²) < 4.78 is 41.5. The van der Waals surface area contributed by atoms with Crippen LogP contribution in [0.25, 0.3) is 0 Å². The molecular weight excluding hydrogens is 429 g/mol. The van der Waals surface area contributed by atoms with E-state index in [4.69, 9.17) is 0 Å². The lowest BCUT2D eigenvalue weighted by atomic mass is 9.87. The number of rotatable bonds is 4. The maximum Gasteiger partial charge on any atom is 0.243 e. The summed E-state index contributed by atoms with van der Waals surface area (Å²) in [6, 6.07) is 11.5. The minimum absolute atomic E-state index is 0.123. The Hall–Kier alpha value is -2.45. The Morgan fingerprint density at radius 1 is 1.00 bits per heavy atom. The van der Waals surface area contributed by atoms with Crippen molar-refractivity contribution in [1.82, 2.24) is 4.31 Å². The van der Waals surface area contributed by atoms with E-state index in [0.717, 1.165) is 29.8 Å². The fourth-order valence-corrected chi connectivity index (χ4v) is 6.20. The van der Waals surface area contributed by atoms with Gasteiger partial charge in [-0.2, -0.15) is 4.31 Å². The molecule has 5 rings (SSSR count). The second-order valence-electron chi connectivity index (χ2n) is 9.63. The number of carbonyl (C=O) groups excluding carboxylic acids is 1. The first-order valence-corrected chi connectivity index (χ1v) is 12.6. The maximum atomic E-state index is 13.4. The Labute approximate surface area is 188 Å². The molecule has 1 amide bonds. The minimum Gasteiger partial charge on any atom is -0.369 e. The highest BCUT2D eigenvalue weighted by Crippen LogP contribution is 2.44. The van der Waals surface area contributed by atoms with Gasteiger partial charge in [0.25, 0.3) is 0 Å². The van der Waals surface area contributed by atoms with E-state index in [2.05, 4.69) is 18.7 Å². The number of hydrogen-bond acceptors (Lipinski definition) is 4. The Balaban J connectivity index is 1.36. The van der Waals surface area contributed by atoms with Gasteiger partial charge in [0.2, 0.25) is 15.9 Å². The van der Waals surface area contributed by atoms with Crippen molar-refractivity contribution < 1.29 is 17.6 Å². The van der Waals surface area contributed by atoms with Crippen LogP contribution < -0.4 is 9.80 Å². The molecule has 0 unspecified atom stereocenters. The molecule has 8 heteroatoms. The standard InChI is InChI=1S/C24H28FN3O3S/c1-24(2)16-28(23(29)17-3-4-17)22-10-9-20(15-21(22)24)32(30,31)27-13-11-26(12-14-27)19-7-5-18(25)6-8-19/h5-10,15,17H,3-4,11-14,16H2,1-2H3. The quantitative estimate of drug-likeness (QED) is 0.706. The predicted octanol–water partition coefficient (Wildman–Crippen LogP) is 3.37. The Morgan fingerprint density at radius 2 is 1.66 bits per heavy atom. The fourth-order valence-electron chi connectivity index (χ4n) is 4.75. The van der Waals surface area contributed by atoms with Gasteiger partial charge in [0, 0.05) is 55.4 Å². The van der Waals surface area contributed by atoms with E-state index in [1.165, 1.54) is 16.4 Å². The summed E-state index contributed by atoms with van der Waals surface area (Å²) in [7, 11) is -3.64. The van der Waals surface area contributed by atoms with E-state index >= 15 is 0 Å². The molecule has 0 atom stereocenters. The fraction of sp³-hybridized carbons (Fsp3) is 0.458. The number of fused-ring (bicyclic) bond motifs is 1. The number of sulfonamides is 1. The smallest absolute Gasteiger partial charge is 0.243 e. The zero-order chi connectivity index (χ0) is 22.7. The highest BCUT2D eigenvalue weighted by Gasteiger charge is 2.43. The van der Waals surface area contributed by atoms with Crippen molar-refractivity contribution in [3.05, 3.63) is 53.8 Å². The number of nitrogens with zero attached hydrogens (tertiary/aromatic N) is 3. The van der Waals surface area contributed by atoms with Gasteiger partial charge >= 0.3 is 0 Å². The molecule has 2 heterocycles. The number of amides is 1. The summed E-state index contributed by atoms with van der Waals surface area (Å²) in [5.41, 5.74) is 2.35. The van der Waals surface area contributed by atoms with Crippen LogP contribution in [-0.2, 0) is 20.2 Å². The van der Waals surface area contributed by atoms with Crippen LogP contribution in [0.4, 0.5) is 15.8 Å². The maximum absolute atomic E-state index is 13.4. The number of piperazine rings is 1. The molecule has 2 fully saturated rings. The SMILES string of the molecule is CC1(C)CN(C(=O)C2CC2)c2ccc(S(=O)(=O)N3CCN(c4ccc(F)cc4)CC3)cc21. The molecule has 32 heavy (non-hydrogen) atoms. The molecule has 0 aromatic heterocycles. The van der Waals surface area contributed by atoms with E-state index in [1.807, 2.05) is 4.90 Å². The Kier molecular flexibility index (Phi) is 5.05. The topological polar surface area (TPSA) is 60.9 Å². The Morgan fingerprint density at radius 3 is 2.28 bits per heavy atom. The molecule has 170 valence electrons. The van der Waals surface area contributed by atoms with Gasteiger partial charge in [-0.15, -0.1) is 0 Å². The van der Waals surface area contributed by atoms with Crippen LogP contribution in [0.3, 0.4) is 0 Å². The Bertz CT molecular complexity index is 1150. The molecule has 1 saturated heterocycles. The lowest BCUT2D eigenvalue weighted by Gasteiger charge is -2.35. The highest BCUT2D eigenvalue weighted by molar-refractivity contribution is 7.89. The lowest BCUT2D eigenvalue weighted by Crippen LogP contribution is -2.48. The van der Waals surface area contributed by atoms with Crippen LogP contribution in [-0.4, -0.2) is 51.4 Å². The molecule has 1 saturated carbocycles. The molecule has 2 aromatic carbocycles. The molecule has 0 radical (unpaired) electrons. The average Bonchev–Trinajstić information content (AvgIpc) is 3.59. The van der Waals surface area contributed by atoms with Crippen LogP contribution in [0.2, 0.25) is 0 Å². The van der Waals surface area contributed by atoms with E-state index in [9.17, 15) is 17.6 Å². The first-order chi connectivity index (χ1) is 15.2. The first-order valence-electron chi connectivity index (χ1n) is 11.1.